The molecule has 2 unspecified atom stereocenters. The van der Waals surface area contributed by atoms with Crippen LogP contribution in [0.5, 0.6) is 11.5 Å². The van der Waals surface area contributed by atoms with E-state index in [-0.39, 0.29) is 5.78 Å². The second-order valence-electron chi connectivity index (χ2n) is 6.76. The maximum absolute atomic E-state index is 13.1. The highest BCUT2D eigenvalue weighted by atomic mass is 16.5. The Morgan fingerprint density at radius 3 is 1.89 bits per heavy atom. The summed E-state index contributed by atoms with van der Waals surface area (Å²) in [4.78, 5) is 13.1. The van der Waals surface area contributed by atoms with Gasteiger partial charge in [0.15, 0.2) is 5.78 Å². The SMILES string of the molecule is CCC1=C(c2ccc(OC)cc2)C(O)(c2ccc(OC)cc2)C(CC)C1=O. The zero-order valence-electron chi connectivity index (χ0n) is 16.3. The van der Waals surface area contributed by atoms with Crippen molar-refractivity contribution in [2.45, 2.75) is 32.3 Å². The number of aliphatic hydroxyl groups is 1. The van der Waals surface area contributed by atoms with Gasteiger partial charge in [-0.15, -0.1) is 0 Å². The van der Waals surface area contributed by atoms with Gasteiger partial charge in [0.2, 0.25) is 0 Å². The summed E-state index contributed by atoms with van der Waals surface area (Å²) in [7, 11) is 3.22. The molecule has 0 amide bonds. The molecule has 0 fully saturated rings. The second-order valence-corrected chi connectivity index (χ2v) is 6.76. The predicted molar refractivity (Wildman–Crippen MR) is 106 cm³/mol. The van der Waals surface area contributed by atoms with E-state index in [1.807, 2.05) is 62.4 Å². The maximum Gasteiger partial charge on any atom is 0.165 e. The number of methoxy groups -OCH3 is 2. The fourth-order valence-electron chi connectivity index (χ4n) is 4.10. The van der Waals surface area contributed by atoms with E-state index in [4.69, 9.17) is 9.47 Å². The van der Waals surface area contributed by atoms with Crippen molar-refractivity contribution >= 4 is 11.4 Å². The van der Waals surface area contributed by atoms with Gasteiger partial charge in [-0.2, -0.15) is 0 Å². The average Bonchev–Trinajstić information content (AvgIpc) is 2.94. The zero-order valence-corrected chi connectivity index (χ0v) is 16.3. The zero-order chi connectivity index (χ0) is 19.6. The molecular formula is C23H26O4. The lowest BCUT2D eigenvalue weighted by Gasteiger charge is -2.33. The van der Waals surface area contributed by atoms with E-state index in [0.717, 1.165) is 11.3 Å². The third-order valence-corrected chi connectivity index (χ3v) is 5.47. The molecule has 1 aliphatic rings. The van der Waals surface area contributed by atoms with Crippen LogP contribution in [-0.2, 0) is 10.4 Å². The van der Waals surface area contributed by atoms with Crippen molar-refractivity contribution in [3.63, 3.8) is 0 Å². The average molecular weight is 366 g/mol. The molecule has 0 saturated carbocycles. The molecule has 2 aromatic rings. The highest BCUT2D eigenvalue weighted by Crippen LogP contribution is 2.52. The minimum absolute atomic E-state index is 0.0316. The Labute approximate surface area is 160 Å². The van der Waals surface area contributed by atoms with Gasteiger partial charge in [-0.1, -0.05) is 38.1 Å². The molecule has 1 aliphatic carbocycles. The number of hydrogen-bond acceptors (Lipinski definition) is 4. The molecule has 2 aromatic carbocycles. The molecule has 3 rings (SSSR count). The monoisotopic (exact) mass is 366 g/mol. The summed E-state index contributed by atoms with van der Waals surface area (Å²) < 4.78 is 10.5. The van der Waals surface area contributed by atoms with Crippen LogP contribution in [0.25, 0.3) is 5.57 Å². The first-order chi connectivity index (χ1) is 13.0. The third-order valence-electron chi connectivity index (χ3n) is 5.47. The lowest BCUT2D eigenvalue weighted by Crippen LogP contribution is -2.35. The lowest BCUT2D eigenvalue weighted by atomic mass is 9.76. The van der Waals surface area contributed by atoms with Crippen LogP contribution in [0, 0.1) is 5.92 Å². The molecule has 0 bridgehead atoms. The number of carbonyl (C=O) groups excluding carboxylic acids is 1. The number of carbonyl (C=O) groups is 1. The molecule has 27 heavy (non-hydrogen) atoms. The summed E-state index contributed by atoms with van der Waals surface area (Å²) in [5, 5.41) is 11.9. The Kier molecular flexibility index (Phi) is 5.38. The van der Waals surface area contributed by atoms with Crippen molar-refractivity contribution < 1.29 is 19.4 Å². The highest BCUT2D eigenvalue weighted by Gasteiger charge is 2.52. The Morgan fingerprint density at radius 1 is 0.926 bits per heavy atom. The molecule has 0 radical (unpaired) electrons. The Hall–Kier alpha value is -2.59. The van der Waals surface area contributed by atoms with Crippen molar-refractivity contribution in [3.8, 4) is 11.5 Å². The summed E-state index contributed by atoms with van der Waals surface area (Å²) in [6, 6.07) is 14.9. The van der Waals surface area contributed by atoms with Crippen LogP contribution in [0.4, 0.5) is 0 Å². The van der Waals surface area contributed by atoms with E-state index in [1.54, 1.807) is 14.2 Å². The van der Waals surface area contributed by atoms with Crippen LogP contribution in [0.3, 0.4) is 0 Å². The summed E-state index contributed by atoms with van der Waals surface area (Å²) in [6.07, 6.45) is 1.14. The fraction of sp³-hybridized carbons (Fsp3) is 0.348. The topological polar surface area (TPSA) is 55.8 Å². The first-order valence-electron chi connectivity index (χ1n) is 9.30. The van der Waals surface area contributed by atoms with Crippen LogP contribution in [0.1, 0.15) is 37.8 Å². The highest BCUT2D eigenvalue weighted by molar-refractivity contribution is 6.11. The Balaban J connectivity index is 2.22. The predicted octanol–water partition coefficient (Wildman–Crippen LogP) is 4.36. The van der Waals surface area contributed by atoms with Crippen molar-refractivity contribution in [3.05, 3.63) is 65.2 Å². The third kappa shape index (κ3) is 3.04. The molecule has 4 heteroatoms. The van der Waals surface area contributed by atoms with Crippen molar-refractivity contribution in [2.24, 2.45) is 5.92 Å². The number of allylic oxidation sites excluding steroid dienone is 1. The minimum Gasteiger partial charge on any atom is -0.497 e. The number of ether oxygens (including phenoxy) is 2. The van der Waals surface area contributed by atoms with Crippen molar-refractivity contribution in [1.82, 2.24) is 0 Å². The quantitative estimate of drug-likeness (QED) is 0.825. The summed E-state index contributed by atoms with van der Waals surface area (Å²) in [5.41, 5.74) is 1.59. The first kappa shape index (κ1) is 19.2. The van der Waals surface area contributed by atoms with Gasteiger partial charge in [0.05, 0.1) is 20.1 Å². The summed E-state index contributed by atoms with van der Waals surface area (Å²) in [6.45, 7) is 3.91. The molecule has 0 heterocycles. The Bertz CT molecular complexity index is 849. The molecule has 1 N–H and O–H groups in total. The first-order valence-corrected chi connectivity index (χ1v) is 9.30. The number of Topliss-reactive ketones (excluding diaryl/α,β-unsaturated/α-hetero) is 1. The number of hydrogen-bond donors (Lipinski definition) is 1. The second kappa shape index (κ2) is 7.57. The summed E-state index contributed by atoms with van der Waals surface area (Å²) >= 11 is 0. The van der Waals surface area contributed by atoms with Crippen LogP contribution in [0.2, 0.25) is 0 Å². The smallest absolute Gasteiger partial charge is 0.165 e. The van der Waals surface area contributed by atoms with Gasteiger partial charge < -0.3 is 14.6 Å². The van der Waals surface area contributed by atoms with E-state index in [9.17, 15) is 9.90 Å². The van der Waals surface area contributed by atoms with Gasteiger partial charge in [0.1, 0.15) is 17.1 Å². The van der Waals surface area contributed by atoms with E-state index >= 15 is 0 Å². The standard InChI is InChI=1S/C23H26O4/c1-5-19-21(15-7-11-17(26-3)12-8-15)23(25,20(6-2)22(19)24)16-9-13-18(27-4)14-10-16/h7-14,20,25H,5-6H2,1-4H3. The summed E-state index contributed by atoms with van der Waals surface area (Å²) in [5.74, 6) is 0.981. The van der Waals surface area contributed by atoms with Crippen LogP contribution >= 0.6 is 0 Å². The minimum atomic E-state index is -1.36. The van der Waals surface area contributed by atoms with Crippen LogP contribution in [-0.4, -0.2) is 25.1 Å². The van der Waals surface area contributed by atoms with Gasteiger partial charge in [0.25, 0.3) is 0 Å². The van der Waals surface area contributed by atoms with E-state index in [0.29, 0.717) is 35.3 Å². The maximum atomic E-state index is 13.1. The van der Waals surface area contributed by atoms with Gasteiger partial charge in [-0.25, -0.2) is 0 Å². The van der Waals surface area contributed by atoms with Crippen molar-refractivity contribution in [2.75, 3.05) is 14.2 Å². The van der Waals surface area contributed by atoms with Gasteiger partial charge >= 0.3 is 0 Å². The van der Waals surface area contributed by atoms with E-state index < -0.39 is 11.5 Å². The van der Waals surface area contributed by atoms with Gasteiger partial charge in [0, 0.05) is 11.1 Å². The van der Waals surface area contributed by atoms with E-state index in [2.05, 4.69) is 0 Å². The molecule has 0 aromatic heterocycles. The van der Waals surface area contributed by atoms with E-state index in [1.165, 1.54) is 0 Å². The van der Waals surface area contributed by atoms with Gasteiger partial charge in [-0.3, -0.25) is 4.79 Å². The van der Waals surface area contributed by atoms with Crippen molar-refractivity contribution in [1.29, 1.82) is 0 Å². The molecule has 2 atom stereocenters. The molecular weight excluding hydrogens is 340 g/mol. The van der Waals surface area contributed by atoms with Crippen LogP contribution < -0.4 is 9.47 Å². The molecule has 0 aliphatic heterocycles. The fourth-order valence-corrected chi connectivity index (χ4v) is 4.10. The normalized spacial score (nSPS) is 22.3. The largest absolute Gasteiger partial charge is 0.497 e. The Morgan fingerprint density at radius 2 is 1.44 bits per heavy atom. The number of rotatable bonds is 6. The lowest BCUT2D eigenvalue weighted by molar-refractivity contribution is -0.123. The molecule has 0 saturated heterocycles. The van der Waals surface area contributed by atoms with Crippen LogP contribution in [0.15, 0.2) is 54.1 Å². The molecule has 142 valence electrons. The van der Waals surface area contributed by atoms with Gasteiger partial charge in [-0.05, 0) is 48.2 Å². The molecule has 4 nitrogen and oxygen atoms in total. The number of ketones is 1. The molecule has 0 spiro atoms. The number of benzene rings is 2.